The molecule has 1 aromatic heterocycles. The molecule has 0 spiro atoms. The minimum absolute atomic E-state index is 0.0714. The Morgan fingerprint density at radius 3 is 3.11 bits per heavy atom. The zero-order valence-corrected chi connectivity index (χ0v) is 11.1. The van der Waals surface area contributed by atoms with Crippen molar-refractivity contribution in [3.8, 4) is 0 Å². The number of amides is 1. The van der Waals surface area contributed by atoms with E-state index in [9.17, 15) is 9.18 Å². The molecule has 3 rings (SSSR count). The lowest BCUT2D eigenvalue weighted by molar-refractivity contribution is -0.120. The Labute approximate surface area is 114 Å². The number of nitrogens with one attached hydrogen (secondary N) is 2. The molecule has 1 aromatic carbocycles. The highest BCUT2D eigenvalue weighted by molar-refractivity contribution is 7.22. The van der Waals surface area contributed by atoms with Gasteiger partial charge < -0.3 is 10.6 Å². The number of carbonyl (C=O) groups is 1. The van der Waals surface area contributed by atoms with Crippen molar-refractivity contribution in [2.24, 2.45) is 0 Å². The second-order valence-electron chi connectivity index (χ2n) is 4.65. The first-order chi connectivity index (χ1) is 9.20. The maximum atomic E-state index is 13.0. The van der Waals surface area contributed by atoms with Crippen LogP contribution in [-0.4, -0.2) is 23.5 Å². The lowest BCUT2D eigenvalue weighted by Gasteiger charge is -2.03. The Bertz CT molecular complexity index is 609. The molecule has 0 unspecified atom stereocenters. The molecule has 1 aliphatic rings. The first-order valence-electron chi connectivity index (χ1n) is 6.30. The topological polar surface area (TPSA) is 54.0 Å². The number of fused-ring (bicyclic) bond motifs is 1. The lowest BCUT2D eigenvalue weighted by atomic mass is 10.3. The van der Waals surface area contributed by atoms with Crippen molar-refractivity contribution in [3.63, 3.8) is 0 Å². The van der Waals surface area contributed by atoms with Crippen LogP contribution in [-0.2, 0) is 4.79 Å². The van der Waals surface area contributed by atoms with E-state index in [1.807, 2.05) is 0 Å². The first kappa shape index (κ1) is 12.3. The van der Waals surface area contributed by atoms with Crippen molar-refractivity contribution >= 4 is 32.6 Å². The number of rotatable bonds is 5. The van der Waals surface area contributed by atoms with Crippen molar-refractivity contribution in [3.05, 3.63) is 24.0 Å². The van der Waals surface area contributed by atoms with Gasteiger partial charge in [-0.3, -0.25) is 4.79 Å². The van der Waals surface area contributed by atoms with Gasteiger partial charge in [0.25, 0.3) is 0 Å². The Balaban J connectivity index is 1.54. The molecule has 0 bridgehead atoms. The number of halogens is 1. The van der Waals surface area contributed by atoms with E-state index in [0.29, 0.717) is 24.5 Å². The summed E-state index contributed by atoms with van der Waals surface area (Å²) < 4.78 is 14.0. The average Bonchev–Trinajstić information content (AvgIpc) is 3.07. The Hall–Kier alpha value is -1.69. The van der Waals surface area contributed by atoms with E-state index in [2.05, 4.69) is 15.6 Å². The fourth-order valence-corrected chi connectivity index (χ4v) is 2.66. The van der Waals surface area contributed by atoms with Gasteiger partial charge in [-0.05, 0) is 25.0 Å². The SMILES string of the molecule is O=C(CCNc1nc2cc(F)ccc2s1)NC1CC1. The summed E-state index contributed by atoms with van der Waals surface area (Å²) >= 11 is 1.46. The number of anilines is 1. The number of benzene rings is 1. The van der Waals surface area contributed by atoms with Crippen molar-refractivity contribution in [1.82, 2.24) is 10.3 Å². The summed E-state index contributed by atoms with van der Waals surface area (Å²) in [5.74, 6) is -0.213. The molecule has 1 saturated carbocycles. The van der Waals surface area contributed by atoms with Crippen LogP contribution in [0.3, 0.4) is 0 Å². The highest BCUT2D eigenvalue weighted by atomic mass is 32.1. The van der Waals surface area contributed by atoms with E-state index >= 15 is 0 Å². The Kier molecular flexibility index (Phi) is 3.33. The smallest absolute Gasteiger partial charge is 0.221 e. The van der Waals surface area contributed by atoms with Gasteiger partial charge in [0.2, 0.25) is 5.91 Å². The van der Waals surface area contributed by atoms with Gasteiger partial charge in [-0.15, -0.1) is 0 Å². The highest BCUT2D eigenvalue weighted by Crippen LogP contribution is 2.26. The predicted molar refractivity (Wildman–Crippen MR) is 73.8 cm³/mol. The van der Waals surface area contributed by atoms with Gasteiger partial charge in [-0.25, -0.2) is 9.37 Å². The van der Waals surface area contributed by atoms with Crippen LogP contribution in [0.15, 0.2) is 18.2 Å². The largest absolute Gasteiger partial charge is 0.361 e. The third-order valence-corrected chi connectivity index (χ3v) is 3.91. The van der Waals surface area contributed by atoms with E-state index in [1.165, 1.54) is 23.5 Å². The van der Waals surface area contributed by atoms with E-state index < -0.39 is 0 Å². The van der Waals surface area contributed by atoms with Crippen LogP contribution in [0.4, 0.5) is 9.52 Å². The number of hydrogen-bond acceptors (Lipinski definition) is 4. The van der Waals surface area contributed by atoms with Gasteiger partial charge in [-0.1, -0.05) is 11.3 Å². The number of thiazole rings is 1. The molecular formula is C13H14FN3OS. The molecule has 2 N–H and O–H groups in total. The van der Waals surface area contributed by atoms with Gasteiger partial charge in [0.05, 0.1) is 10.2 Å². The minimum atomic E-state index is -0.284. The molecule has 1 heterocycles. The fourth-order valence-electron chi connectivity index (χ4n) is 1.79. The summed E-state index contributed by atoms with van der Waals surface area (Å²) in [4.78, 5) is 15.8. The van der Waals surface area contributed by atoms with Gasteiger partial charge >= 0.3 is 0 Å². The molecule has 0 radical (unpaired) electrons. The fraction of sp³-hybridized carbons (Fsp3) is 0.385. The first-order valence-corrected chi connectivity index (χ1v) is 7.12. The summed E-state index contributed by atoms with van der Waals surface area (Å²) in [5, 5.41) is 6.75. The molecular weight excluding hydrogens is 265 g/mol. The van der Waals surface area contributed by atoms with Gasteiger partial charge in [0.15, 0.2) is 5.13 Å². The molecule has 2 aromatic rings. The third-order valence-electron chi connectivity index (χ3n) is 2.92. The molecule has 0 aliphatic heterocycles. The maximum Gasteiger partial charge on any atom is 0.221 e. The number of hydrogen-bond donors (Lipinski definition) is 2. The Morgan fingerprint density at radius 2 is 2.32 bits per heavy atom. The summed E-state index contributed by atoms with van der Waals surface area (Å²) in [5.41, 5.74) is 0.648. The van der Waals surface area contributed by atoms with Crippen molar-refractivity contribution in [1.29, 1.82) is 0 Å². The van der Waals surface area contributed by atoms with E-state index in [-0.39, 0.29) is 11.7 Å². The van der Waals surface area contributed by atoms with Gasteiger partial charge in [-0.2, -0.15) is 0 Å². The van der Waals surface area contributed by atoms with Crippen molar-refractivity contribution < 1.29 is 9.18 Å². The molecule has 19 heavy (non-hydrogen) atoms. The number of aromatic nitrogens is 1. The maximum absolute atomic E-state index is 13.0. The summed E-state index contributed by atoms with van der Waals surface area (Å²) in [6, 6.07) is 4.95. The molecule has 1 aliphatic carbocycles. The van der Waals surface area contributed by atoms with Crippen LogP contribution in [0, 0.1) is 5.82 Å². The third kappa shape index (κ3) is 3.20. The normalized spacial score (nSPS) is 14.6. The number of nitrogens with zero attached hydrogens (tertiary/aromatic N) is 1. The molecule has 6 heteroatoms. The zero-order chi connectivity index (χ0) is 13.2. The monoisotopic (exact) mass is 279 g/mol. The Morgan fingerprint density at radius 1 is 1.47 bits per heavy atom. The van der Waals surface area contributed by atoms with Gasteiger partial charge in [0, 0.05) is 25.1 Å². The standard InChI is InChI=1S/C13H14FN3OS/c14-8-1-4-11-10(7-8)17-13(19-11)15-6-5-12(18)16-9-2-3-9/h1,4,7,9H,2-3,5-6H2,(H,15,17)(H,16,18). The summed E-state index contributed by atoms with van der Waals surface area (Å²) in [6.45, 7) is 0.543. The second kappa shape index (κ2) is 5.13. The van der Waals surface area contributed by atoms with Crippen molar-refractivity contribution in [2.75, 3.05) is 11.9 Å². The molecule has 0 saturated heterocycles. The molecule has 1 amide bonds. The van der Waals surface area contributed by atoms with Crippen LogP contribution < -0.4 is 10.6 Å². The molecule has 4 nitrogen and oxygen atoms in total. The quantitative estimate of drug-likeness (QED) is 0.884. The van der Waals surface area contributed by atoms with Crippen LogP contribution in [0.2, 0.25) is 0 Å². The van der Waals surface area contributed by atoms with Crippen LogP contribution in [0.25, 0.3) is 10.2 Å². The average molecular weight is 279 g/mol. The van der Waals surface area contributed by atoms with Crippen LogP contribution in [0.1, 0.15) is 19.3 Å². The molecule has 0 atom stereocenters. The van der Waals surface area contributed by atoms with Gasteiger partial charge in [0.1, 0.15) is 5.82 Å². The number of carbonyl (C=O) groups excluding carboxylic acids is 1. The van der Waals surface area contributed by atoms with E-state index in [1.54, 1.807) is 6.07 Å². The summed E-state index contributed by atoms with van der Waals surface area (Å²) in [7, 11) is 0. The van der Waals surface area contributed by atoms with E-state index in [4.69, 9.17) is 0 Å². The van der Waals surface area contributed by atoms with Crippen LogP contribution in [0.5, 0.6) is 0 Å². The highest BCUT2D eigenvalue weighted by Gasteiger charge is 2.22. The molecule has 100 valence electrons. The minimum Gasteiger partial charge on any atom is -0.361 e. The summed E-state index contributed by atoms with van der Waals surface area (Å²) in [6.07, 6.45) is 2.63. The molecule has 1 fully saturated rings. The van der Waals surface area contributed by atoms with Crippen LogP contribution >= 0.6 is 11.3 Å². The van der Waals surface area contributed by atoms with Crippen molar-refractivity contribution in [2.45, 2.75) is 25.3 Å². The predicted octanol–water partition coefficient (Wildman–Crippen LogP) is 2.52. The lowest BCUT2D eigenvalue weighted by Crippen LogP contribution is -2.27. The second-order valence-corrected chi connectivity index (χ2v) is 5.68. The van der Waals surface area contributed by atoms with E-state index in [0.717, 1.165) is 22.7 Å². The zero-order valence-electron chi connectivity index (χ0n) is 10.3.